The van der Waals surface area contributed by atoms with Gasteiger partial charge < -0.3 is 23.9 Å². The Morgan fingerprint density at radius 3 is 2.17 bits per heavy atom. The normalized spacial score (nSPS) is 35.7. The second-order valence-electron chi connectivity index (χ2n) is 3.96. The van der Waals surface area contributed by atoms with Gasteiger partial charge in [0.2, 0.25) is 0 Å². The summed E-state index contributed by atoms with van der Waals surface area (Å²) in [5.41, 5.74) is 0. The van der Waals surface area contributed by atoms with Gasteiger partial charge in [-0.3, -0.25) is 4.52 Å². The summed E-state index contributed by atoms with van der Waals surface area (Å²) in [4.78, 5) is 18.5. The van der Waals surface area contributed by atoms with Gasteiger partial charge in [0.15, 0.2) is 0 Å². The number of hydrogen-bond donors (Lipinski definition) is 4. The first kappa shape index (κ1) is 17.0. The molecule has 5 atom stereocenters. The van der Waals surface area contributed by atoms with E-state index < -0.39 is 31.8 Å². The number of aliphatic hydroxyl groups is 1. The van der Waals surface area contributed by atoms with Crippen molar-refractivity contribution in [2.45, 2.75) is 37.6 Å². The maximum Gasteiger partial charge on any atom is 0.383 e. The monoisotopic (exact) mass is 338 g/mol. The van der Waals surface area contributed by atoms with Gasteiger partial charge in [0, 0.05) is 26.4 Å². The third-order valence-electron chi connectivity index (χ3n) is 2.40. The lowest BCUT2D eigenvalue weighted by Crippen LogP contribution is -2.34. The molecule has 18 heavy (non-hydrogen) atoms. The van der Waals surface area contributed by atoms with Gasteiger partial charge in [-0.2, -0.15) is 0 Å². The number of thiol groups is 1. The largest absolute Gasteiger partial charge is 0.393 e. The van der Waals surface area contributed by atoms with Crippen molar-refractivity contribution >= 4 is 37.6 Å². The summed E-state index contributed by atoms with van der Waals surface area (Å²) in [7, 11) is 1.23. The van der Waals surface area contributed by atoms with Crippen LogP contribution in [0.25, 0.3) is 0 Å². The molecule has 0 heterocycles. The molecule has 0 aromatic rings. The first-order chi connectivity index (χ1) is 8.11. The molecule has 3 N–H and O–H groups in total. The van der Waals surface area contributed by atoms with Crippen molar-refractivity contribution in [1.29, 1.82) is 0 Å². The first-order valence-electron chi connectivity index (χ1n) is 5.10. The molecule has 7 nitrogen and oxygen atoms in total. The predicted octanol–water partition coefficient (Wildman–Crippen LogP) is 1.19. The van der Waals surface area contributed by atoms with E-state index in [0.29, 0.717) is 0 Å². The molecule has 2 unspecified atom stereocenters. The highest BCUT2D eigenvalue weighted by molar-refractivity contribution is 8.44. The van der Waals surface area contributed by atoms with E-state index in [1.807, 2.05) is 0 Å². The zero-order valence-electron chi connectivity index (χ0n) is 9.58. The van der Waals surface area contributed by atoms with Crippen LogP contribution < -0.4 is 0 Å². The molecule has 1 fully saturated rings. The van der Waals surface area contributed by atoms with Crippen molar-refractivity contribution in [2.24, 2.45) is 0 Å². The van der Waals surface area contributed by atoms with Crippen molar-refractivity contribution in [1.82, 2.24) is 0 Å². The molecule has 11 heteroatoms. The molecule has 0 spiro atoms. The van der Waals surface area contributed by atoms with Crippen molar-refractivity contribution < 1.29 is 33.0 Å². The van der Waals surface area contributed by atoms with Crippen LogP contribution in [0.3, 0.4) is 0 Å². The summed E-state index contributed by atoms with van der Waals surface area (Å²) < 4.78 is 25.6. The lowest BCUT2D eigenvalue weighted by molar-refractivity contribution is -0.0117. The van der Waals surface area contributed by atoms with Crippen LogP contribution >= 0.6 is 25.8 Å². The Bertz CT molecular complexity index is 373. The Morgan fingerprint density at radius 1 is 1.22 bits per heavy atom. The van der Waals surface area contributed by atoms with E-state index in [4.69, 9.17) is 25.7 Å². The number of aliphatic hydroxyl groups excluding tert-OH is 1. The Balaban J connectivity index is 2.61. The van der Waals surface area contributed by atoms with E-state index in [1.165, 1.54) is 7.11 Å². The molecule has 0 aromatic carbocycles. The van der Waals surface area contributed by atoms with E-state index >= 15 is 0 Å². The van der Waals surface area contributed by atoms with Crippen molar-refractivity contribution in [3.63, 3.8) is 0 Å². The van der Waals surface area contributed by atoms with E-state index in [1.54, 1.807) is 0 Å². The SMILES string of the molecule is COP(O)(=S)O[C@@H]1C[C@@H](O)C[C@@H](OP(=O)(O)S)C1. The third kappa shape index (κ3) is 6.43. The molecule has 0 aliphatic heterocycles. The fraction of sp³-hybridized carbons (Fsp3) is 1.00. The highest BCUT2D eigenvalue weighted by Gasteiger charge is 2.34. The molecule has 108 valence electrons. The van der Waals surface area contributed by atoms with Crippen molar-refractivity contribution in [3.05, 3.63) is 0 Å². The van der Waals surface area contributed by atoms with E-state index in [9.17, 15) is 14.6 Å². The zero-order valence-corrected chi connectivity index (χ0v) is 13.1. The van der Waals surface area contributed by atoms with E-state index in [0.717, 1.165) is 0 Å². The van der Waals surface area contributed by atoms with Crippen LogP contribution in [0.15, 0.2) is 0 Å². The van der Waals surface area contributed by atoms with Gasteiger partial charge in [-0.25, -0.2) is 4.57 Å². The van der Waals surface area contributed by atoms with Crippen LogP contribution in [0.5, 0.6) is 0 Å². The minimum absolute atomic E-state index is 0.201. The summed E-state index contributed by atoms with van der Waals surface area (Å²) in [6.07, 6.45) is -1.35. The molecule has 0 saturated heterocycles. The van der Waals surface area contributed by atoms with E-state index in [-0.39, 0.29) is 19.3 Å². The molecule has 0 amide bonds. The zero-order chi connectivity index (χ0) is 14.0. The fourth-order valence-corrected chi connectivity index (χ4v) is 3.75. The van der Waals surface area contributed by atoms with Crippen LogP contribution in [0.4, 0.5) is 0 Å². The molecular weight excluding hydrogens is 322 g/mol. The summed E-state index contributed by atoms with van der Waals surface area (Å²) in [6, 6.07) is 0. The smallest absolute Gasteiger partial charge is 0.383 e. The van der Waals surface area contributed by atoms with Crippen LogP contribution in [0.2, 0.25) is 0 Å². The number of rotatable bonds is 5. The van der Waals surface area contributed by atoms with Gasteiger partial charge in [-0.05, 0) is 11.8 Å². The quantitative estimate of drug-likeness (QED) is 0.438. The maximum absolute atomic E-state index is 11.0. The fourth-order valence-electron chi connectivity index (χ4n) is 1.79. The summed E-state index contributed by atoms with van der Waals surface area (Å²) in [6.45, 7) is -7.26. The Morgan fingerprint density at radius 2 is 1.72 bits per heavy atom. The molecule has 0 bridgehead atoms. The second-order valence-corrected chi connectivity index (χ2v) is 9.56. The van der Waals surface area contributed by atoms with Crippen LogP contribution in [-0.2, 0) is 29.9 Å². The van der Waals surface area contributed by atoms with Gasteiger partial charge in [0.05, 0.1) is 18.3 Å². The minimum atomic E-state index is -3.93. The first-order valence-corrected chi connectivity index (χ1v) is 10.4. The molecule has 0 aromatic heterocycles. The lowest BCUT2D eigenvalue weighted by Gasteiger charge is -2.33. The topological polar surface area (TPSA) is 105 Å². The van der Waals surface area contributed by atoms with Crippen molar-refractivity contribution in [2.75, 3.05) is 7.11 Å². The lowest BCUT2D eigenvalue weighted by atomic mass is 9.93. The van der Waals surface area contributed by atoms with Crippen molar-refractivity contribution in [3.8, 4) is 0 Å². The van der Waals surface area contributed by atoms with E-state index in [2.05, 4.69) is 16.8 Å². The van der Waals surface area contributed by atoms with Gasteiger partial charge in [0.1, 0.15) is 0 Å². The van der Waals surface area contributed by atoms with Crippen LogP contribution in [-0.4, -0.2) is 40.3 Å². The Labute approximate surface area is 115 Å². The molecular formula is C7H16O7P2S2. The highest BCUT2D eigenvalue weighted by atomic mass is 32.7. The summed E-state index contributed by atoms with van der Waals surface area (Å²) in [5, 5.41) is 9.62. The average Bonchev–Trinajstić information content (AvgIpc) is 2.12. The minimum Gasteiger partial charge on any atom is -0.393 e. The van der Waals surface area contributed by atoms with Gasteiger partial charge in [0.25, 0.3) is 0 Å². The average molecular weight is 338 g/mol. The maximum atomic E-state index is 11.0. The second kappa shape index (κ2) is 6.63. The molecule has 0 radical (unpaired) electrons. The van der Waals surface area contributed by atoms with Gasteiger partial charge >= 0.3 is 13.5 Å². The summed E-state index contributed by atoms with van der Waals surface area (Å²) >= 11 is 8.10. The highest BCUT2D eigenvalue weighted by Crippen LogP contribution is 2.51. The summed E-state index contributed by atoms with van der Waals surface area (Å²) in [5.74, 6) is 0. The van der Waals surface area contributed by atoms with Gasteiger partial charge in [-0.1, -0.05) is 12.2 Å². The molecule has 1 aliphatic rings. The third-order valence-corrected chi connectivity index (χ3v) is 4.98. The Hall–Kier alpha value is 0.990. The Kier molecular flexibility index (Phi) is 6.28. The molecule has 1 rings (SSSR count). The standard InChI is InChI=1S/C7H16O7P2S2/c1-12-16(11,18)14-7-3-5(8)2-6(4-7)13-15(9,10)17/h5-8H,2-4H2,1H3,(H,11,18)(H2,9,10,17)/t5-,6+,7+,16?/m0/s1. The van der Waals surface area contributed by atoms with Crippen LogP contribution in [0.1, 0.15) is 19.3 Å². The predicted molar refractivity (Wildman–Crippen MR) is 71.9 cm³/mol. The van der Waals surface area contributed by atoms with Gasteiger partial charge in [-0.15, -0.1) is 0 Å². The molecule has 1 saturated carbocycles. The number of hydrogen-bond acceptors (Lipinski definition) is 6. The van der Waals surface area contributed by atoms with Crippen LogP contribution in [0, 0.1) is 0 Å². The molecule has 1 aliphatic carbocycles.